The third-order valence-electron chi connectivity index (χ3n) is 3.70. The number of hydrogen-bond acceptors (Lipinski definition) is 4. The highest BCUT2D eigenvalue weighted by Gasteiger charge is 2.17. The van der Waals surface area contributed by atoms with Crippen LogP contribution in [-0.2, 0) is 9.59 Å². The second-order valence-corrected chi connectivity index (χ2v) is 6.87. The smallest absolute Gasteiger partial charge is 0.313 e. The molecular formula is C18H22N2O3S. The van der Waals surface area contributed by atoms with E-state index in [0.717, 1.165) is 16.0 Å². The molecular weight excluding hydrogens is 324 g/mol. The predicted octanol–water partition coefficient (Wildman–Crippen LogP) is 2.97. The van der Waals surface area contributed by atoms with Crippen molar-refractivity contribution in [2.75, 3.05) is 11.9 Å². The molecule has 2 rings (SSSR count). The van der Waals surface area contributed by atoms with Gasteiger partial charge in [0.15, 0.2) is 0 Å². The first-order valence-electron chi connectivity index (χ1n) is 7.79. The third-order valence-corrected chi connectivity index (χ3v) is 4.82. The van der Waals surface area contributed by atoms with Crippen LogP contribution in [0.1, 0.15) is 41.9 Å². The summed E-state index contributed by atoms with van der Waals surface area (Å²) in [5, 5.41) is 16.9. The van der Waals surface area contributed by atoms with Gasteiger partial charge in [0, 0.05) is 17.1 Å². The average Bonchev–Trinajstić information content (AvgIpc) is 2.98. The Morgan fingerprint density at radius 2 is 1.79 bits per heavy atom. The number of amides is 2. The molecule has 0 fully saturated rings. The topological polar surface area (TPSA) is 78.4 Å². The first kappa shape index (κ1) is 18.2. The van der Waals surface area contributed by atoms with Gasteiger partial charge in [-0.3, -0.25) is 9.59 Å². The zero-order valence-electron chi connectivity index (χ0n) is 14.0. The summed E-state index contributed by atoms with van der Waals surface area (Å²) in [6.45, 7) is 6.06. The molecule has 3 N–H and O–H groups in total. The lowest BCUT2D eigenvalue weighted by atomic mass is 10.0. The first-order chi connectivity index (χ1) is 11.4. The number of aliphatic hydroxyl groups is 1. The molecule has 24 heavy (non-hydrogen) atoms. The SMILES string of the molecule is Cc1ccsc1[C@H](O)CNC(=O)C(=O)Nc1ccc(C(C)C)cc1. The van der Waals surface area contributed by atoms with Crippen LogP contribution in [0.5, 0.6) is 0 Å². The molecule has 0 saturated carbocycles. The Kier molecular flexibility index (Phi) is 6.11. The van der Waals surface area contributed by atoms with Gasteiger partial charge in [-0.05, 0) is 47.5 Å². The molecule has 2 amide bonds. The van der Waals surface area contributed by atoms with Gasteiger partial charge in [-0.25, -0.2) is 0 Å². The summed E-state index contributed by atoms with van der Waals surface area (Å²) >= 11 is 1.42. The van der Waals surface area contributed by atoms with Crippen LogP contribution in [0.25, 0.3) is 0 Å². The van der Waals surface area contributed by atoms with Crippen molar-refractivity contribution in [3.8, 4) is 0 Å². The lowest BCUT2D eigenvalue weighted by molar-refractivity contribution is -0.136. The molecule has 0 bridgehead atoms. The van der Waals surface area contributed by atoms with Crippen molar-refractivity contribution >= 4 is 28.8 Å². The molecule has 0 unspecified atom stereocenters. The minimum absolute atomic E-state index is 0.000105. The van der Waals surface area contributed by atoms with Crippen molar-refractivity contribution in [1.29, 1.82) is 0 Å². The molecule has 5 nitrogen and oxygen atoms in total. The Labute approximate surface area is 145 Å². The van der Waals surface area contributed by atoms with Crippen molar-refractivity contribution in [3.63, 3.8) is 0 Å². The van der Waals surface area contributed by atoms with Crippen LogP contribution in [0.2, 0.25) is 0 Å². The van der Waals surface area contributed by atoms with Crippen molar-refractivity contribution in [2.45, 2.75) is 32.8 Å². The third kappa shape index (κ3) is 4.66. The molecule has 1 atom stereocenters. The zero-order valence-corrected chi connectivity index (χ0v) is 14.8. The highest BCUT2D eigenvalue weighted by molar-refractivity contribution is 7.10. The fourth-order valence-corrected chi connectivity index (χ4v) is 3.14. The summed E-state index contributed by atoms with van der Waals surface area (Å²) in [5.74, 6) is -1.11. The Balaban J connectivity index is 1.86. The minimum atomic E-state index is -0.813. The first-order valence-corrected chi connectivity index (χ1v) is 8.67. The molecule has 0 radical (unpaired) electrons. The number of carbonyl (C=O) groups is 2. The van der Waals surface area contributed by atoms with Crippen LogP contribution in [0.4, 0.5) is 5.69 Å². The molecule has 2 aromatic rings. The predicted molar refractivity (Wildman–Crippen MR) is 96.2 cm³/mol. The van der Waals surface area contributed by atoms with E-state index in [0.29, 0.717) is 11.6 Å². The van der Waals surface area contributed by atoms with E-state index in [1.807, 2.05) is 30.5 Å². The lowest BCUT2D eigenvalue weighted by Crippen LogP contribution is -2.37. The fraction of sp³-hybridized carbons (Fsp3) is 0.333. The number of hydrogen-bond donors (Lipinski definition) is 3. The van der Waals surface area contributed by atoms with Crippen LogP contribution in [0.3, 0.4) is 0 Å². The van der Waals surface area contributed by atoms with Gasteiger partial charge < -0.3 is 15.7 Å². The van der Waals surface area contributed by atoms with Gasteiger partial charge in [0.25, 0.3) is 0 Å². The van der Waals surface area contributed by atoms with Gasteiger partial charge in [-0.15, -0.1) is 11.3 Å². The molecule has 1 aromatic heterocycles. The van der Waals surface area contributed by atoms with Gasteiger partial charge in [0.2, 0.25) is 0 Å². The molecule has 1 aromatic carbocycles. The number of aryl methyl sites for hydroxylation is 1. The van der Waals surface area contributed by atoms with Gasteiger partial charge in [0.05, 0.1) is 0 Å². The summed E-state index contributed by atoms with van der Waals surface area (Å²) in [7, 11) is 0. The second kappa shape index (κ2) is 8.08. The van der Waals surface area contributed by atoms with E-state index >= 15 is 0 Å². The zero-order chi connectivity index (χ0) is 17.7. The average molecular weight is 346 g/mol. The fourth-order valence-electron chi connectivity index (χ4n) is 2.23. The van der Waals surface area contributed by atoms with E-state index in [1.165, 1.54) is 11.3 Å². The van der Waals surface area contributed by atoms with Gasteiger partial charge in [-0.1, -0.05) is 26.0 Å². The highest BCUT2D eigenvalue weighted by Crippen LogP contribution is 2.23. The maximum absolute atomic E-state index is 11.9. The molecule has 0 aliphatic carbocycles. The summed E-state index contributed by atoms with van der Waals surface area (Å²) < 4.78 is 0. The monoisotopic (exact) mass is 346 g/mol. The summed E-state index contributed by atoms with van der Waals surface area (Å²) in [6.07, 6.45) is -0.813. The molecule has 6 heteroatoms. The van der Waals surface area contributed by atoms with E-state index in [2.05, 4.69) is 24.5 Å². The number of rotatable bonds is 5. The number of thiophene rings is 1. The molecule has 0 saturated heterocycles. The molecule has 1 heterocycles. The Morgan fingerprint density at radius 3 is 2.33 bits per heavy atom. The maximum Gasteiger partial charge on any atom is 0.313 e. The van der Waals surface area contributed by atoms with Crippen LogP contribution in [0.15, 0.2) is 35.7 Å². The Hall–Kier alpha value is -2.18. The number of aliphatic hydroxyl groups excluding tert-OH is 1. The number of carbonyl (C=O) groups excluding carboxylic acids is 2. The van der Waals surface area contributed by atoms with Gasteiger partial charge >= 0.3 is 11.8 Å². The normalized spacial score (nSPS) is 12.0. The van der Waals surface area contributed by atoms with Crippen molar-refractivity contribution in [1.82, 2.24) is 5.32 Å². The lowest BCUT2D eigenvalue weighted by Gasteiger charge is -2.12. The molecule has 0 aliphatic heterocycles. The summed E-state index contributed by atoms with van der Waals surface area (Å²) in [6, 6.07) is 9.27. The van der Waals surface area contributed by atoms with Crippen LogP contribution in [-0.4, -0.2) is 23.5 Å². The summed E-state index contributed by atoms with van der Waals surface area (Å²) in [5.41, 5.74) is 2.69. The van der Waals surface area contributed by atoms with E-state index in [4.69, 9.17) is 0 Å². The van der Waals surface area contributed by atoms with Crippen molar-refractivity contribution in [2.24, 2.45) is 0 Å². The highest BCUT2D eigenvalue weighted by atomic mass is 32.1. The van der Waals surface area contributed by atoms with Crippen molar-refractivity contribution < 1.29 is 14.7 Å². The standard InChI is InChI=1S/C18H22N2O3S/c1-11(2)13-4-6-14(7-5-13)20-18(23)17(22)19-10-15(21)16-12(3)8-9-24-16/h4-9,11,15,21H,10H2,1-3H3,(H,19,22)(H,20,23)/t15-/m1/s1. The molecule has 0 spiro atoms. The number of anilines is 1. The van der Waals surface area contributed by atoms with E-state index in [-0.39, 0.29) is 6.54 Å². The minimum Gasteiger partial charge on any atom is -0.386 e. The van der Waals surface area contributed by atoms with Crippen LogP contribution >= 0.6 is 11.3 Å². The van der Waals surface area contributed by atoms with Gasteiger partial charge in [0.1, 0.15) is 6.10 Å². The molecule has 0 aliphatic rings. The van der Waals surface area contributed by atoms with E-state index < -0.39 is 17.9 Å². The Morgan fingerprint density at radius 1 is 1.12 bits per heavy atom. The summed E-state index contributed by atoms with van der Waals surface area (Å²) in [4.78, 5) is 24.5. The second-order valence-electron chi connectivity index (χ2n) is 5.92. The number of benzene rings is 1. The number of nitrogens with one attached hydrogen (secondary N) is 2. The molecule has 128 valence electrons. The van der Waals surface area contributed by atoms with E-state index in [9.17, 15) is 14.7 Å². The van der Waals surface area contributed by atoms with Gasteiger partial charge in [-0.2, -0.15) is 0 Å². The van der Waals surface area contributed by atoms with Crippen molar-refractivity contribution in [3.05, 3.63) is 51.7 Å². The Bertz CT molecular complexity index is 707. The largest absolute Gasteiger partial charge is 0.386 e. The quantitative estimate of drug-likeness (QED) is 0.728. The van der Waals surface area contributed by atoms with E-state index in [1.54, 1.807) is 12.1 Å². The maximum atomic E-state index is 11.9. The van der Waals surface area contributed by atoms with Crippen LogP contribution in [0, 0.1) is 6.92 Å². The van der Waals surface area contributed by atoms with Crippen LogP contribution < -0.4 is 10.6 Å².